The van der Waals surface area contributed by atoms with E-state index >= 15 is 0 Å². The van der Waals surface area contributed by atoms with Gasteiger partial charge in [0.1, 0.15) is 5.54 Å². The van der Waals surface area contributed by atoms with Gasteiger partial charge in [-0.3, -0.25) is 5.32 Å². The predicted molar refractivity (Wildman–Crippen MR) is 48.9 cm³/mol. The molecule has 14 heavy (non-hydrogen) atoms. The van der Waals surface area contributed by atoms with Crippen molar-refractivity contribution in [3.63, 3.8) is 0 Å². The molecule has 0 amide bonds. The number of thioether (sulfide) groups is 1. The Labute approximate surface area is 84.9 Å². The van der Waals surface area contributed by atoms with Gasteiger partial charge in [0.25, 0.3) is 0 Å². The van der Waals surface area contributed by atoms with Crippen LogP contribution in [-0.4, -0.2) is 29.3 Å². The molecule has 1 heterocycles. The summed E-state index contributed by atoms with van der Waals surface area (Å²) in [5.74, 6) is 0.736. The molecule has 1 aliphatic rings. The highest BCUT2D eigenvalue weighted by Crippen LogP contribution is 2.35. The second-order valence-electron chi connectivity index (χ2n) is 3.31. The van der Waals surface area contributed by atoms with Gasteiger partial charge in [-0.05, 0) is 12.2 Å². The van der Waals surface area contributed by atoms with Crippen LogP contribution in [0.1, 0.15) is 13.3 Å². The molecule has 1 fully saturated rings. The summed E-state index contributed by atoms with van der Waals surface area (Å²) in [4.78, 5) is 0. The third-order valence-electron chi connectivity index (χ3n) is 2.36. The van der Waals surface area contributed by atoms with Crippen LogP contribution in [0.2, 0.25) is 0 Å². The highest BCUT2D eigenvalue weighted by atomic mass is 32.2. The quantitative estimate of drug-likeness (QED) is 0.778. The van der Waals surface area contributed by atoms with Crippen molar-refractivity contribution in [2.45, 2.75) is 30.3 Å². The minimum Gasteiger partial charge on any atom is -0.290 e. The summed E-state index contributed by atoms with van der Waals surface area (Å²) in [5.41, 5.74) is -1.000. The average Bonchev–Trinajstić information content (AvgIpc) is 2.43. The van der Waals surface area contributed by atoms with Crippen molar-refractivity contribution in [1.29, 1.82) is 5.26 Å². The lowest BCUT2D eigenvalue weighted by Gasteiger charge is -2.27. The average molecular weight is 224 g/mol. The summed E-state index contributed by atoms with van der Waals surface area (Å²) < 4.78 is 35.9. The van der Waals surface area contributed by atoms with Gasteiger partial charge in [0.2, 0.25) is 0 Å². The zero-order valence-electron chi connectivity index (χ0n) is 7.69. The molecular weight excluding hydrogens is 213 g/mol. The van der Waals surface area contributed by atoms with Gasteiger partial charge in [0, 0.05) is 5.25 Å². The normalized spacial score (nSPS) is 32.9. The molecule has 1 aliphatic heterocycles. The highest BCUT2D eigenvalue weighted by Gasteiger charge is 2.43. The molecule has 6 heteroatoms. The van der Waals surface area contributed by atoms with Crippen molar-refractivity contribution < 1.29 is 13.2 Å². The molecule has 0 spiro atoms. The molecule has 0 saturated carbocycles. The van der Waals surface area contributed by atoms with Gasteiger partial charge in [0.05, 0.1) is 12.6 Å². The van der Waals surface area contributed by atoms with E-state index in [0.717, 1.165) is 5.75 Å². The van der Waals surface area contributed by atoms with Crippen molar-refractivity contribution in [2.75, 3.05) is 12.3 Å². The van der Waals surface area contributed by atoms with Gasteiger partial charge in [-0.15, -0.1) is 0 Å². The molecule has 2 nitrogen and oxygen atoms in total. The monoisotopic (exact) mass is 224 g/mol. The number of halogens is 3. The van der Waals surface area contributed by atoms with Crippen molar-refractivity contribution >= 4 is 11.8 Å². The lowest BCUT2D eigenvalue weighted by atomic mass is 9.95. The van der Waals surface area contributed by atoms with Crippen LogP contribution in [0.15, 0.2) is 0 Å². The molecule has 0 radical (unpaired) electrons. The first kappa shape index (κ1) is 11.7. The number of nitriles is 1. The van der Waals surface area contributed by atoms with E-state index in [9.17, 15) is 13.2 Å². The molecule has 0 aromatic carbocycles. The Kier molecular flexibility index (Phi) is 3.32. The SMILES string of the molecule is CC1SCCC1(C#N)NCC(F)(F)F. The molecule has 1 saturated heterocycles. The van der Waals surface area contributed by atoms with Gasteiger partial charge in [-0.25, -0.2) is 0 Å². The second kappa shape index (κ2) is 3.99. The lowest BCUT2D eigenvalue weighted by Crippen LogP contribution is -2.51. The fourth-order valence-electron chi connectivity index (χ4n) is 1.42. The highest BCUT2D eigenvalue weighted by molar-refractivity contribution is 8.00. The van der Waals surface area contributed by atoms with Crippen LogP contribution in [0.5, 0.6) is 0 Å². The van der Waals surface area contributed by atoms with Crippen molar-refractivity contribution in [3.8, 4) is 6.07 Å². The van der Waals surface area contributed by atoms with E-state index in [0.29, 0.717) is 6.42 Å². The zero-order valence-corrected chi connectivity index (χ0v) is 8.50. The molecule has 0 bridgehead atoms. The van der Waals surface area contributed by atoms with E-state index in [2.05, 4.69) is 5.32 Å². The van der Waals surface area contributed by atoms with E-state index in [1.54, 1.807) is 6.92 Å². The summed E-state index contributed by atoms with van der Waals surface area (Å²) in [7, 11) is 0. The maximum atomic E-state index is 12.0. The molecule has 0 aromatic rings. The Hall–Kier alpha value is -0.410. The molecule has 1 N–H and O–H groups in total. The van der Waals surface area contributed by atoms with E-state index in [1.165, 1.54) is 11.8 Å². The number of nitrogens with one attached hydrogen (secondary N) is 1. The molecule has 2 unspecified atom stereocenters. The Bertz CT molecular complexity index is 248. The molecule has 1 rings (SSSR count). The first-order valence-electron chi connectivity index (χ1n) is 4.24. The van der Waals surface area contributed by atoms with Crippen molar-refractivity contribution in [1.82, 2.24) is 5.32 Å². The van der Waals surface area contributed by atoms with Gasteiger partial charge in [-0.1, -0.05) is 6.92 Å². The van der Waals surface area contributed by atoms with Gasteiger partial charge in [-0.2, -0.15) is 30.2 Å². The Balaban J connectivity index is 2.60. The minimum absolute atomic E-state index is 0.0881. The Morgan fingerprint density at radius 2 is 2.29 bits per heavy atom. The van der Waals surface area contributed by atoms with Crippen molar-refractivity contribution in [3.05, 3.63) is 0 Å². The first-order valence-corrected chi connectivity index (χ1v) is 5.29. The summed E-state index contributed by atoms with van der Waals surface area (Å²) in [5, 5.41) is 11.1. The fourth-order valence-corrected chi connectivity index (χ4v) is 2.75. The topological polar surface area (TPSA) is 35.8 Å². The summed E-state index contributed by atoms with van der Waals surface area (Å²) in [6, 6.07) is 1.97. The molecule has 0 aliphatic carbocycles. The zero-order chi connectivity index (χ0) is 10.8. The fraction of sp³-hybridized carbons (Fsp3) is 0.875. The first-order chi connectivity index (χ1) is 6.40. The predicted octanol–water partition coefficient (Wildman–Crippen LogP) is 1.93. The summed E-state index contributed by atoms with van der Waals surface area (Å²) in [6.45, 7) is 0.690. The third-order valence-corrected chi connectivity index (χ3v) is 3.70. The van der Waals surface area contributed by atoms with Gasteiger partial charge < -0.3 is 0 Å². The van der Waals surface area contributed by atoms with Crippen LogP contribution < -0.4 is 5.32 Å². The van der Waals surface area contributed by atoms with Crippen LogP contribution in [0.3, 0.4) is 0 Å². The molecule has 80 valence electrons. The standard InChI is InChI=1S/C8H11F3N2S/c1-6-7(4-12,2-3-14-6)13-5-8(9,10)11/h6,13H,2-3,5H2,1H3. The number of hydrogen-bond donors (Lipinski definition) is 1. The summed E-state index contributed by atoms with van der Waals surface area (Å²) in [6.07, 6.45) is -3.78. The molecular formula is C8H11F3N2S. The number of nitrogens with zero attached hydrogens (tertiary/aromatic N) is 1. The number of alkyl halides is 3. The maximum absolute atomic E-state index is 12.0. The summed E-state index contributed by atoms with van der Waals surface area (Å²) >= 11 is 1.53. The third kappa shape index (κ3) is 2.55. The van der Waals surface area contributed by atoms with Crippen LogP contribution in [0.25, 0.3) is 0 Å². The minimum atomic E-state index is -4.25. The van der Waals surface area contributed by atoms with Crippen molar-refractivity contribution in [2.24, 2.45) is 0 Å². The Morgan fingerprint density at radius 3 is 2.64 bits per heavy atom. The lowest BCUT2D eigenvalue weighted by molar-refractivity contribution is -0.127. The van der Waals surface area contributed by atoms with E-state index < -0.39 is 18.3 Å². The number of rotatable bonds is 2. The molecule has 2 atom stereocenters. The Morgan fingerprint density at radius 1 is 1.64 bits per heavy atom. The van der Waals surface area contributed by atoms with Crippen LogP contribution in [0, 0.1) is 11.3 Å². The number of hydrogen-bond acceptors (Lipinski definition) is 3. The van der Waals surface area contributed by atoms with E-state index in [-0.39, 0.29) is 5.25 Å². The van der Waals surface area contributed by atoms with Gasteiger partial charge in [0.15, 0.2) is 0 Å². The van der Waals surface area contributed by atoms with E-state index in [4.69, 9.17) is 5.26 Å². The van der Waals surface area contributed by atoms with Crippen LogP contribution in [-0.2, 0) is 0 Å². The molecule has 0 aromatic heterocycles. The van der Waals surface area contributed by atoms with Crippen LogP contribution in [0.4, 0.5) is 13.2 Å². The maximum Gasteiger partial charge on any atom is 0.401 e. The van der Waals surface area contributed by atoms with Crippen LogP contribution >= 0.6 is 11.8 Å². The second-order valence-corrected chi connectivity index (χ2v) is 4.76. The van der Waals surface area contributed by atoms with E-state index in [1.807, 2.05) is 6.07 Å². The smallest absolute Gasteiger partial charge is 0.290 e. The largest absolute Gasteiger partial charge is 0.401 e. The van der Waals surface area contributed by atoms with Gasteiger partial charge >= 0.3 is 6.18 Å².